The number of hydrogen-bond acceptors (Lipinski definition) is 2. The quantitative estimate of drug-likeness (QED) is 0.209. The van der Waals surface area contributed by atoms with E-state index in [-0.39, 0.29) is 0 Å². The van der Waals surface area contributed by atoms with Crippen LogP contribution in [0, 0.1) is 0 Å². The smallest absolute Gasteiger partial charge is 0.119 e. The third-order valence-corrected chi connectivity index (χ3v) is 6.34. The summed E-state index contributed by atoms with van der Waals surface area (Å²) in [4.78, 5) is 2.46. The van der Waals surface area contributed by atoms with Crippen LogP contribution >= 0.6 is 15.9 Å². The van der Waals surface area contributed by atoms with Crippen molar-refractivity contribution >= 4 is 26.0 Å². The van der Waals surface area contributed by atoms with Gasteiger partial charge in [0.2, 0.25) is 0 Å². The van der Waals surface area contributed by atoms with E-state index in [1.165, 1.54) is 17.6 Å². The Hall–Kier alpha value is -2.36. The number of benzene rings is 3. The molecule has 31 heavy (non-hydrogen) atoms. The van der Waals surface area contributed by atoms with Gasteiger partial charge in [0.1, 0.15) is 5.75 Å². The zero-order valence-electron chi connectivity index (χ0n) is 18.6. The Balaban J connectivity index is 1.72. The summed E-state index contributed by atoms with van der Waals surface area (Å²) in [6.45, 7) is 8.58. The van der Waals surface area contributed by atoms with E-state index in [1.54, 1.807) is 0 Å². The highest BCUT2D eigenvalue weighted by Crippen LogP contribution is 2.36. The molecule has 0 amide bonds. The van der Waals surface area contributed by atoms with Gasteiger partial charge in [-0.05, 0) is 77.2 Å². The average molecular weight is 478 g/mol. The molecular weight excluding hydrogens is 446 g/mol. The molecule has 0 spiro atoms. The van der Waals surface area contributed by atoms with Gasteiger partial charge in [-0.15, -0.1) is 0 Å². The first-order valence-electron chi connectivity index (χ1n) is 11.2. The Labute approximate surface area is 195 Å². The van der Waals surface area contributed by atoms with Crippen LogP contribution in [-0.2, 0) is 0 Å². The first-order chi connectivity index (χ1) is 15.2. The van der Waals surface area contributed by atoms with E-state index >= 15 is 0 Å². The number of hydrogen-bond donors (Lipinski definition) is 0. The second-order valence-electron chi connectivity index (χ2n) is 7.53. The standard InChI is InChI=1S/C28H32BrNO/c1-3-30(4-2)21-11-12-22-31-26-19-17-24(18-20-26)27(23-13-7-5-8-14-23)28(29)25-15-9-6-10-16-25/h5-10,13-20H,3-4,11-12,21-22H2,1-2H3. The molecule has 3 aromatic rings. The molecule has 0 N–H and O–H groups in total. The largest absolute Gasteiger partial charge is 0.494 e. The molecule has 0 aliphatic rings. The molecule has 2 nitrogen and oxygen atoms in total. The van der Waals surface area contributed by atoms with E-state index in [4.69, 9.17) is 4.74 Å². The van der Waals surface area contributed by atoms with E-state index in [2.05, 4.69) is 114 Å². The van der Waals surface area contributed by atoms with E-state index in [0.717, 1.165) is 54.0 Å². The van der Waals surface area contributed by atoms with E-state index in [9.17, 15) is 0 Å². The summed E-state index contributed by atoms with van der Waals surface area (Å²) in [5, 5.41) is 0. The molecular formula is C28H32BrNO. The molecule has 162 valence electrons. The van der Waals surface area contributed by atoms with Gasteiger partial charge in [0.15, 0.2) is 0 Å². The highest BCUT2D eigenvalue weighted by molar-refractivity contribution is 9.15. The lowest BCUT2D eigenvalue weighted by atomic mass is 9.95. The van der Waals surface area contributed by atoms with Gasteiger partial charge in [0.05, 0.1) is 6.61 Å². The lowest BCUT2D eigenvalue weighted by molar-refractivity contribution is 0.266. The van der Waals surface area contributed by atoms with Crippen molar-refractivity contribution in [3.05, 3.63) is 102 Å². The zero-order valence-corrected chi connectivity index (χ0v) is 20.1. The Morgan fingerprint density at radius 3 is 1.84 bits per heavy atom. The summed E-state index contributed by atoms with van der Waals surface area (Å²) in [6.07, 6.45) is 2.25. The number of rotatable bonds is 11. The van der Waals surface area contributed by atoms with Crippen molar-refractivity contribution < 1.29 is 4.74 Å². The molecule has 0 atom stereocenters. The second-order valence-corrected chi connectivity index (χ2v) is 8.32. The highest BCUT2D eigenvalue weighted by atomic mass is 79.9. The molecule has 3 heteroatoms. The number of nitrogens with zero attached hydrogens (tertiary/aromatic N) is 1. The molecule has 0 unspecified atom stereocenters. The van der Waals surface area contributed by atoms with Gasteiger partial charge in [-0.2, -0.15) is 0 Å². The molecule has 0 aliphatic carbocycles. The Bertz CT molecular complexity index is 932. The number of unbranched alkanes of at least 4 members (excludes halogenated alkanes) is 1. The third-order valence-electron chi connectivity index (χ3n) is 5.48. The van der Waals surface area contributed by atoms with Crippen LogP contribution < -0.4 is 4.74 Å². The van der Waals surface area contributed by atoms with Crippen LogP contribution in [0.3, 0.4) is 0 Å². The normalized spacial score (nSPS) is 12.0. The SMILES string of the molecule is CCN(CC)CCCCOc1ccc(C(=C(Br)c2ccccc2)c2ccccc2)cc1. The molecule has 0 radical (unpaired) electrons. The fourth-order valence-electron chi connectivity index (χ4n) is 3.64. The van der Waals surface area contributed by atoms with Crippen molar-refractivity contribution in [2.24, 2.45) is 0 Å². The average Bonchev–Trinajstić information content (AvgIpc) is 2.83. The van der Waals surface area contributed by atoms with Gasteiger partial charge < -0.3 is 9.64 Å². The molecule has 0 heterocycles. The predicted molar refractivity (Wildman–Crippen MR) is 137 cm³/mol. The molecule has 0 fully saturated rings. The minimum atomic E-state index is 0.760. The minimum Gasteiger partial charge on any atom is -0.494 e. The lowest BCUT2D eigenvalue weighted by Gasteiger charge is -2.17. The Morgan fingerprint density at radius 1 is 0.710 bits per heavy atom. The van der Waals surface area contributed by atoms with Gasteiger partial charge >= 0.3 is 0 Å². The molecule has 0 aliphatic heterocycles. The summed E-state index contributed by atoms with van der Waals surface area (Å²) in [5.41, 5.74) is 4.69. The van der Waals surface area contributed by atoms with Crippen LogP contribution in [-0.4, -0.2) is 31.1 Å². The molecule has 3 rings (SSSR count). The van der Waals surface area contributed by atoms with Crippen LogP contribution in [0.4, 0.5) is 0 Å². The first kappa shape index (κ1) is 23.3. The first-order valence-corrected chi connectivity index (χ1v) is 12.0. The van der Waals surface area contributed by atoms with Crippen molar-refractivity contribution in [3.8, 4) is 5.75 Å². The monoisotopic (exact) mass is 477 g/mol. The van der Waals surface area contributed by atoms with Crippen molar-refractivity contribution in [1.29, 1.82) is 0 Å². The zero-order chi connectivity index (χ0) is 21.9. The molecule has 0 aromatic heterocycles. The van der Waals surface area contributed by atoms with Gasteiger partial charge in [0.25, 0.3) is 0 Å². The summed E-state index contributed by atoms with van der Waals surface area (Å²) >= 11 is 3.87. The molecule has 3 aromatic carbocycles. The fraction of sp³-hybridized carbons (Fsp3) is 0.286. The lowest BCUT2D eigenvalue weighted by Crippen LogP contribution is -2.24. The van der Waals surface area contributed by atoms with Gasteiger partial charge in [-0.3, -0.25) is 0 Å². The van der Waals surface area contributed by atoms with Crippen molar-refractivity contribution in [2.75, 3.05) is 26.2 Å². The topological polar surface area (TPSA) is 12.5 Å². The van der Waals surface area contributed by atoms with Crippen LogP contribution in [0.25, 0.3) is 10.1 Å². The van der Waals surface area contributed by atoms with Crippen LogP contribution in [0.1, 0.15) is 43.4 Å². The van der Waals surface area contributed by atoms with Crippen molar-refractivity contribution in [3.63, 3.8) is 0 Å². The maximum atomic E-state index is 5.99. The Kier molecular flexibility index (Phi) is 9.39. The Morgan fingerprint density at radius 2 is 1.26 bits per heavy atom. The van der Waals surface area contributed by atoms with E-state index < -0.39 is 0 Å². The summed E-state index contributed by atoms with van der Waals surface area (Å²) < 4.78 is 7.08. The molecule has 0 bridgehead atoms. The van der Waals surface area contributed by atoms with Crippen molar-refractivity contribution in [1.82, 2.24) is 4.90 Å². The van der Waals surface area contributed by atoms with Gasteiger partial charge in [0, 0.05) is 10.1 Å². The predicted octanol–water partition coefficient (Wildman–Crippen LogP) is 7.50. The van der Waals surface area contributed by atoms with E-state index in [0.29, 0.717) is 0 Å². The van der Waals surface area contributed by atoms with Crippen LogP contribution in [0.15, 0.2) is 84.9 Å². The number of halogens is 1. The number of ether oxygens (including phenoxy) is 1. The van der Waals surface area contributed by atoms with Gasteiger partial charge in [-0.25, -0.2) is 0 Å². The highest BCUT2D eigenvalue weighted by Gasteiger charge is 2.12. The second kappa shape index (κ2) is 12.5. The van der Waals surface area contributed by atoms with Crippen LogP contribution in [0.5, 0.6) is 5.75 Å². The third kappa shape index (κ3) is 6.81. The minimum absolute atomic E-state index is 0.760. The molecule has 0 saturated heterocycles. The summed E-state index contributed by atoms with van der Waals surface area (Å²) in [7, 11) is 0. The fourth-order valence-corrected chi connectivity index (χ4v) is 4.36. The van der Waals surface area contributed by atoms with Crippen molar-refractivity contribution in [2.45, 2.75) is 26.7 Å². The van der Waals surface area contributed by atoms with Gasteiger partial charge in [-0.1, -0.05) is 86.6 Å². The molecule has 0 saturated carbocycles. The maximum absolute atomic E-state index is 5.99. The van der Waals surface area contributed by atoms with Crippen LogP contribution in [0.2, 0.25) is 0 Å². The van der Waals surface area contributed by atoms with E-state index in [1.807, 2.05) is 6.07 Å². The maximum Gasteiger partial charge on any atom is 0.119 e. The summed E-state index contributed by atoms with van der Waals surface area (Å²) in [6, 6.07) is 29.4. The summed E-state index contributed by atoms with van der Waals surface area (Å²) in [5.74, 6) is 0.926.